The maximum atomic E-state index is 5.50. The standard InChI is InChI=1S/C9H11N5/c1-14-8(5-10)12-13-9(14)7-3-2-4-11-6-7/h2-4,6H,5,10H2,1H3. The zero-order chi connectivity index (χ0) is 9.97. The molecular formula is C9H11N5. The summed E-state index contributed by atoms with van der Waals surface area (Å²) in [5, 5.41) is 8.02. The minimum atomic E-state index is 0.393. The van der Waals surface area contributed by atoms with Gasteiger partial charge < -0.3 is 10.3 Å². The Labute approximate surface area is 81.6 Å². The normalized spacial score (nSPS) is 10.4. The first kappa shape index (κ1) is 8.83. The number of hydrogen-bond donors (Lipinski definition) is 1. The summed E-state index contributed by atoms with van der Waals surface area (Å²) in [6, 6.07) is 3.81. The highest BCUT2D eigenvalue weighted by Crippen LogP contribution is 2.14. The zero-order valence-electron chi connectivity index (χ0n) is 7.88. The van der Waals surface area contributed by atoms with Crippen molar-refractivity contribution in [1.29, 1.82) is 0 Å². The topological polar surface area (TPSA) is 69.6 Å². The number of nitrogens with zero attached hydrogens (tertiary/aromatic N) is 4. The molecule has 0 unspecified atom stereocenters. The molecule has 72 valence electrons. The van der Waals surface area contributed by atoms with Gasteiger partial charge in [0, 0.05) is 25.0 Å². The zero-order valence-corrected chi connectivity index (χ0v) is 7.88. The average Bonchev–Trinajstić information content (AvgIpc) is 2.61. The molecule has 2 aromatic rings. The minimum absolute atomic E-state index is 0.393. The number of hydrogen-bond acceptors (Lipinski definition) is 4. The Morgan fingerprint density at radius 3 is 2.86 bits per heavy atom. The Morgan fingerprint density at radius 2 is 2.29 bits per heavy atom. The highest BCUT2D eigenvalue weighted by atomic mass is 15.3. The molecule has 0 aliphatic carbocycles. The molecule has 0 spiro atoms. The van der Waals surface area contributed by atoms with Crippen molar-refractivity contribution in [3.05, 3.63) is 30.4 Å². The smallest absolute Gasteiger partial charge is 0.165 e. The second-order valence-electron chi connectivity index (χ2n) is 2.94. The summed E-state index contributed by atoms with van der Waals surface area (Å²) in [4.78, 5) is 4.02. The summed E-state index contributed by atoms with van der Waals surface area (Å²) in [5.41, 5.74) is 6.45. The second-order valence-corrected chi connectivity index (χ2v) is 2.94. The van der Waals surface area contributed by atoms with Gasteiger partial charge in [-0.1, -0.05) is 0 Å². The number of nitrogens with two attached hydrogens (primary N) is 1. The molecule has 0 saturated heterocycles. The van der Waals surface area contributed by atoms with E-state index in [1.807, 2.05) is 23.7 Å². The summed E-state index contributed by atoms with van der Waals surface area (Å²) >= 11 is 0. The van der Waals surface area contributed by atoms with Crippen molar-refractivity contribution >= 4 is 0 Å². The Balaban J connectivity index is 2.48. The molecule has 0 fully saturated rings. The minimum Gasteiger partial charge on any atom is -0.324 e. The maximum Gasteiger partial charge on any atom is 0.165 e. The molecule has 2 aromatic heterocycles. The first-order valence-corrected chi connectivity index (χ1v) is 4.31. The highest BCUT2D eigenvalue weighted by molar-refractivity contribution is 5.53. The van der Waals surface area contributed by atoms with E-state index in [1.54, 1.807) is 12.4 Å². The van der Waals surface area contributed by atoms with E-state index >= 15 is 0 Å². The van der Waals surface area contributed by atoms with Crippen molar-refractivity contribution in [2.24, 2.45) is 12.8 Å². The van der Waals surface area contributed by atoms with Gasteiger partial charge in [0.05, 0.1) is 6.54 Å². The van der Waals surface area contributed by atoms with E-state index in [0.29, 0.717) is 6.54 Å². The SMILES string of the molecule is Cn1c(CN)nnc1-c1cccnc1. The van der Waals surface area contributed by atoms with E-state index in [4.69, 9.17) is 5.73 Å². The van der Waals surface area contributed by atoms with E-state index in [0.717, 1.165) is 17.2 Å². The van der Waals surface area contributed by atoms with Gasteiger partial charge in [0.15, 0.2) is 5.82 Å². The summed E-state index contributed by atoms with van der Waals surface area (Å²) in [7, 11) is 1.89. The van der Waals surface area contributed by atoms with Crippen molar-refractivity contribution in [2.75, 3.05) is 0 Å². The molecule has 0 aliphatic heterocycles. The van der Waals surface area contributed by atoms with Crippen LogP contribution in [0.2, 0.25) is 0 Å². The summed E-state index contributed by atoms with van der Waals surface area (Å²) in [5.74, 6) is 1.56. The lowest BCUT2D eigenvalue weighted by molar-refractivity contribution is 0.796. The van der Waals surface area contributed by atoms with Gasteiger partial charge in [-0.15, -0.1) is 10.2 Å². The molecule has 0 radical (unpaired) electrons. The van der Waals surface area contributed by atoms with Crippen molar-refractivity contribution in [1.82, 2.24) is 19.7 Å². The van der Waals surface area contributed by atoms with Crippen LogP contribution in [-0.4, -0.2) is 19.7 Å². The first-order chi connectivity index (χ1) is 6.83. The molecular weight excluding hydrogens is 178 g/mol. The van der Waals surface area contributed by atoms with Gasteiger partial charge in [-0.25, -0.2) is 0 Å². The quantitative estimate of drug-likeness (QED) is 0.739. The van der Waals surface area contributed by atoms with Crippen LogP contribution in [0, 0.1) is 0 Å². The molecule has 0 amide bonds. The monoisotopic (exact) mass is 189 g/mol. The van der Waals surface area contributed by atoms with Crippen LogP contribution >= 0.6 is 0 Å². The summed E-state index contributed by atoms with van der Waals surface area (Å²) in [6.07, 6.45) is 3.48. The van der Waals surface area contributed by atoms with Crippen LogP contribution in [0.3, 0.4) is 0 Å². The fraction of sp³-hybridized carbons (Fsp3) is 0.222. The van der Waals surface area contributed by atoms with E-state index < -0.39 is 0 Å². The molecule has 2 heterocycles. The van der Waals surface area contributed by atoms with Crippen molar-refractivity contribution in [3.63, 3.8) is 0 Å². The third-order valence-electron chi connectivity index (χ3n) is 2.07. The summed E-state index contributed by atoms with van der Waals surface area (Å²) < 4.78 is 1.87. The Kier molecular flexibility index (Phi) is 2.24. The molecule has 14 heavy (non-hydrogen) atoms. The second kappa shape index (κ2) is 3.55. The maximum absolute atomic E-state index is 5.50. The third kappa shape index (κ3) is 1.38. The van der Waals surface area contributed by atoms with Gasteiger partial charge in [-0.2, -0.15) is 0 Å². The molecule has 0 bridgehead atoms. The lowest BCUT2D eigenvalue weighted by atomic mass is 10.3. The van der Waals surface area contributed by atoms with Crippen LogP contribution in [0.25, 0.3) is 11.4 Å². The Morgan fingerprint density at radius 1 is 1.43 bits per heavy atom. The van der Waals surface area contributed by atoms with Gasteiger partial charge in [0.2, 0.25) is 0 Å². The van der Waals surface area contributed by atoms with Crippen LogP contribution in [0.4, 0.5) is 0 Å². The van der Waals surface area contributed by atoms with E-state index in [9.17, 15) is 0 Å². The van der Waals surface area contributed by atoms with Crippen LogP contribution in [0.5, 0.6) is 0 Å². The van der Waals surface area contributed by atoms with Gasteiger partial charge in [-0.05, 0) is 12.1 Å². The van der Waals surface area contributed by atoms with Gasteiger partial charge in [0.1, 0.15) is 5.82 Å². The predicted molar refractivity (Wildman–Crippen MR) is 52.1 cm³/mol. The van der Waals surface area contributed by atoms with Gasteiger partial charge in [0.25, 0.3) is 0 Å². The fourth-order valence-corrected chi connectivity index (χ4v) is 1.29. The van der Waals surface area contributed by atoms with Gasteiger partial charge in [-0.3, -0.25) is 4.98 Å². The molecule has 2 rings (SSSR count). The van der Waals surface area contributed by atoms with E-state index in [1.165, 1.54) is 0 Å². The molecule has 0 saturated carbocycles. The molecule has 0 atom stereocenters. The molecule has 5 heteroatoms. The van der Waals surface area contributed by atoms with Crippen molar-refractivity contribution in [2.45, 2.75) is 6.54 Å². The van der Waals surface area contributed by atoms with Crippen molar-refractivity contribution in [3.8, 4) is 11.4 Å². The van der Waals surface area contributed by atoms with Gasteiger partial charge >= 0.3 is 0 Å². The Bertz CT molecular complexity index is 420. The average molecular weight is 189 g/mol. The number of pyridine rings is 1. The number of aromatic nitrogens is 4. The van der Waals surface area contributed by atoms with Crippen LogP contribution in [-0.2, 0) is 13.6 Å². The predicted octanol–water partition coefficient (Wildman–Crippen LogP) is 0.336. The fourth-order valence-electron chi connectivity index (χ4n) is 1.29. The van der Waals surface area contributed by atoms with Crippen molar-refractivity contribution < 1.29 is 0 Å². The molecule has 5 nitrogen and oxygen atoms in total. The molecule has 0 aromatic carbocycles. The van der Waals surface area contributed by atoms with Crippen LogP contribution in [0.1, 0.15) is 5.82 Å². The van der Waals surface area contributed by atoms with E-state index in [2.05, 4.69) is 15.2 Å². The first-order valence-electron chi connectivity index (χ1n) is 4.31. The molecule has 2 N–H and O–H groups in total. The largest absolute Gasteiger partial charge is 0.324 e. The van der Waals surface area contributed by atoms with Crippen LogP contribution in [0.15, 0.2) is 24.5 Å². The highest BCUT2D eigenvalue weighted by Gasteiger charge is 2.08. The van der Waals surface area contributed by atoms with E-state index in [-0.39, 0.29) is 0 Å². The lowest BCUT2D eigenvalue weighted by Gasteiger charge is -2.00. The Hall–Kier alpha value is -1.75. The molecule has 0 aliphatic rings. The summed E-state index contributed by atoms with van der Waals surface area (Å²) in [6.45, 7) is 0.393. The van der Waals surface area contributed by atoms with Crippen LogP contribution < -0.4 is 5.73 Å². The third-order valence-corrected chi connectivity index (χ3v) is 2.07. The number of rotatable bonds is 2. The lowest BCUT2D eigenvalue weighted by Crippen LogP contribution is -2.05.